The fourth-order valence-corrected chi connectivity index (χ4v) is 2.33. The molecule has 1 aromatic heterocycles. The Kier molecular flexibility index (Phi) is 4.57. The Hall–Kier alpha value is -0.870. The average molecular weight is 236 g/mol. The molecular formula is C13H24N4. The van der Waals surface area contributed by atoms with E-state index in [9.17, 15) is 0 Å². The number of rotatable bonds is 5. The van der Waals surface area contributed by atoms with Crippen LogP contribution in [0.4, 0.5) is 0 Å². The summed E-state index contributed by atoms with van der Waals surface area (Å²) >= 11 is 0. The van der Waals surface area contributed by atoms with E-state index in [0.29, 0.717) is 12.0 Å². The van der Waals surface area contributed by atoms with Crippen LogP contribution in [-0.2, 0) is 13.1 Å². The Morgan fingerprint density at radius 3 is 3.18 bits per heavy atom. The summed E-state index contributed by atoms with van der Waals surface area (Å²) in [6.07, 6.45) is 6.48. The van der Waals surface area contributed by atoms with Crippen molar-refractivity contribution in [3.63, 3.8) is 0 Å². The lowest BCUT2D eigenvalue weighted by atomic mass is 10.1. The van der Waals surface area contributed by atoms with Crippen molar-refractivity contribution in [1.82, 2.24) is 20.2 Å². The van der Waals surface area contributed by atoms with E-state index in [1.54, 1.807) is 0 Å². The molecule has 1 unspecified atom stereocenters. The first-order valence-electron chi connectivity index (χ1n) is 6.69. The summed E-state index contributed by atoms with van der Waals surface area (Å²) in [6, 6.07) is 0.617. The summed E-state index contributed by atoms with van der Waals surface area (Å²) in [6.45, 7) is 8.73. The fourth-order valence-electron chi connectivity index (χ4n) is 2.33. The third-order valence-electron chi connectivity index (χ3n) is 3.23. The largest absolute Gasteiger partial charge is 0.333 e. The van der Waals surface area contributed by atoms with Crippen molar-refractivity contribution in [1.29, 1.82) is 0 Å². The molecule has 0 amide bonds. The molecule has 4 nitrogen and oxygen atoms in total. The lowest BCUT2D eigenvalue weighted by Crippen LogP contribution is -2.42. The summed E-state index contributed by atoms with van der Waals surface area (Å²) < 4.78 is 2.26. The average Bonchev–Trinajstić information content (AvgIpc) is 2.74. The molecule has 17 heavy (non-hydrogen) atoms. The molecule has 4 heteroatoms. The van der Waals surface area contributed by atoms with Gasteiger partial charge in [-0.05, 0) is 25.3 Å². The summed E-state index contributed by atoms with van der Waals surface area (Å²) in [4.78, 5) is 4.25. The highest BCUT2D eigenvalue weighted by atomic mass is 15.1. The fraction of sp³-hybridized carbons (Fsp3) is 0.769. The molecule has 1 aliphatic heterocycles. The molecule has 1 atom stereocenters. The second kappa shape index (κ2) is 6.17. The predicted molar refractivity (Wildman–Crippen MR) is 69.8 cm³/mol. The van der Waals surface area contributed by atoms with Gasteiger partial charge in [0.2, 0.25) is 0 Å². The third-order valence-corrected chi connectivity index (χ3v) is 3.23. The molecule has 1 aliphatic rings. The zero-order valence-corrected chi connectivity index (χ0v) is 10.9. The van der Waals surface area contributed by atoms with Gasteiger partial charge < -0.3 is 15.2 Å². The van der Waals surface area contributed by atoms with Gasteiger partial charge in [0.1, 0.15) is 0 Å². The maximum atomic E-state index is 4.25. The van der Waals surface area contributed by atoms with E-state index in [1.165, 1.54) is 25.1 Å². The first-order valence-corrected chi connectivity index (χ1v) is 6.69. The van der Waals surface area contributed by atoms with Gasteiger partial charge in [0.15, 0.2) is 0 Å². The summed E-state index contributed by atoms with van der Waals surface area (Å²) in [7, 11) is 0. The normalized spacial score (nSPS) is 21.0. The summed E-state index contributed by atoms with van der Waals surface area (Å²) in [5.41, 5.74) is 1.30. The van der Waals surface area contributed by atoms with Crippen molar-refractivity contribution >= 4 is 0 Å². The summed E-state index contributed by atoms with van der Waals surface area (Å²) in [5.74, 6) is 0.666. The van der Waals surface area contributed by atoms with Crippen LogP contribution in [-0.4, -0.2) is 28.7 Å². The molecule has 0 spiro atoms. The minimum atomic E-state index is 0.617. The first-order chi connectivity index (χ1) is 8.25. The van der Waals surface area contributed by atoms with Crippen LogP contribution in [0.3, 0.4) is 0 Å². The molecule has 2 heterocycles. The monoisotopic (exact) mass is 236 g/mol. The standard InChI is InChI=1S/C13H24N4/c1-11(2)9-17-10-15-7-13(17)8-16-12-4-3-5-14-6-12/h7,10-12,14,16H,3-6,8-9H2,1-2H3. The van der Waals surface area contributed by atoms with Crippen molar-refractivity contribution in [3.8, 4) is 0 Å². The van der Waals surface area contributed by atoms with Crippen LogP contribution in [0.15, 0.2) is 12.5 Å². The Morgan fingerprint density at radius 2 is 2.47 bits per heavy atom. The Morgan fingerprint density at radius 1 is 1.59 bits per heavy atom. The van der Waals surface area contributed by atoms with Gasteiger partial charge in [-0.25, -0.2) is 4.98 Å². The van der Waals surface area contributed by atoms with Crippen LogP contribution in [0.2, 0.25) is 0 Å². The maximum absolute atomic E-state index is 4.25. The zero-order valence-electron chi connectivity index (χ0n) is 10.9. The zero-order chi connectivity index (χ0) is 12.1. The Labute approximate surface area is 104 Å². The van der Waals surface area contributed by atoms with E-state index in [4.69, 9.17) is 0 Å². The molecule has 1 fully saturated rings. The molecular weight excluding hydrogens is 212 g/mol. The van der Waals surface area contributed by atoms with Gasteiger partial charge in [-0.15, -0.1) is 0 Å². The molecule has 0 radical (unpaired) electrons. The van der Waals surface area contributed by atoms with Gasteiger partial charge in [-0.3, -0.25) is 0 Å². The molecule has 2 rings (SSSR count). The maximum Gasteiger partial charge on any atom is 0.0948 e. The van der Waals surface area contributed by atoms with Crippen molar-refractivity contribution in [2.24, 2.45) is 5.92 Å². The highest BCUT2D eigenvalue weighted by Crippen LogP contribution is 2.06. The molecule has 0 bridgehead atoms. The molecule has 1 aromatic rings. The molecule has 1 saturated heterocycles. The van der Waals surface area contributed by atoms with Crippen LogP contribution in [0, 0.1) is 5.92 Å². The van der Waals surface area contributed by atoms with E-state index in [0.717, 1.165) is 19.6 Å². The SMILES string of the molecule is CC(C)Cn1cncc1CNC1CCCNC1. The van der Waals surface area contributed by atoms with Crippen molar-refractivity contribution in [2.75, 3.05) is 13.1 Å². The number of piperidine rings is 1. The molecule has 0 aromatic carbocycles. The van der Waals surface area contributed by atoms with Crippen LogP contribution < -0.4 is 10.6 Å². The van der Waals surface area contributed by atoms with Crippen molar-refractivity contribution < 1.29 is 0 Å². The third kappa shape index (κ3) is 3.82. The Balaban J connectivity index is 1.83. The molecule has 0 aliphatic carbocycles. The van der Waals surface area contributed by atoms with Gasteiger partial charge in [0.05, 0.1) is 12.0 Å². The van der Waals surface area contributed by atoms with Gasteiger partial charge in [-0.2, -0.15) is 0 Å². The van der Waals surface area contributed by atoms with E-state index in [1.807, 2.05) is 12.5 Å². The van der Waals surface area contributed by atoms with E-state index in [2.05, 4.69) is 34.0 Å². The number of nitrogens with one attached hydrogen (secondary N) is 2. The highest BCUT2D eigenvalue weighted by Gasteiger charge is 2.12. The lowest BCUT2D eigenvalue weighted by molar-refractivity contribution is 0.382. The second-order valence-corrected chi connectivity index (χ2v) is 5.36. The number of nitrogens with zero attached hydrogens (tertiary/aromatic N) is 2. The number of hydrogen-bond donors (Lipinski definition) is 2. The number of aromatic nitrogens is 2. The molecule has 2 N–H and O–H groups in total. The van der Waals surface area contributed by atoms with Gasteiger partial charge in [0, 0.05) is 31.9 Å². The predicted octanol–water partition coefficient (Wildman–Crippen LogP) is 1.38. The topological polar surface area (TPSA) is 41.9 Å². The van der Waals surface area contributed by atoms with Crippen molar-refractivity contribution in [3.05, 3.63) is 18.2 Å². The van der Waals surface area contributed by atoms with Gasteiger partial charge in [-0.1, -0.05) is 13.8 Å². The van der Waals surface area contributed by atoms with E-state index >= 15 is 0 Å². The van der Waals surface area contributed by atoms with Crippen LogP contribution in [0.25, 0.3) is 0 Å². The quantitative estimate of drug-likeness (QED) is 0.811. The lowest BCUT2D eigenvalue weighted by Gasteiger charge is -2.24. The van der Waals surface area contributed by atoms with Gasteiger partial charge >= 0.3 is 0 Å². The Bertz CT molecular complexity index is 326. The second-order valence-electron chi connectivity index (χ2n) is 5.36. The van der Waals surface area contributed by atoms with Crippen molar-refractivity contribution in [2.45, 2.75) is 45.8 Å². The van der Waals surface area contributed by atoms with Crippen LogP contribution in [0.5, 0.6) is 0 Å². The van der Waals surface area contributed by atoms with Gasteiger partial charge in [0.25, 0.3) is 0 Å². The van der Waals surface area contributed by atoms with E-state index in [-0.39, 0.29) is 0 Å². The minimum Gasteiger partial charge on any atom is -0.333 e. The minimum absolute atomic E-state index is 0.617. The summed E-state index contributed by atoms with van der Waals surface area (Å²) in [5, 5.41) is 7.04. The number of hydrogen-bond acceptors (Lipinski definition) is 3. The molecule has 96 valence electrons. The number of imidazole rings is 1. The smallest absolute Gasteiger partial charge is 0.0948 e. The van der Waals surface area contributed by atoms with Crippen LogP contribution in [0.1, 0.15) is 32.4 Å². The molecule has 0 saturated carbocycles. The highest BCUT2D eigenvalue weighted by molar-refractivity contribution is 4.98. The van der Waals surface area contributed by atoms with E-state index < -0.39 is 0 Å². The first kappa shape index (κ1) is 12.6. The van der Waals surface area contributed by atoms with Crippen LogP contribution >= 0.6 is 0 Å².